The van der Waals surface area contributed by atoms with E-state index in [-0.39, 0.29) is 0 Å². The summed E-state index contributed by atoms with van der Waals surface area (Å²) in [4.78, 5) is 0. The highest BCUT2D eigenvalue weighted by molar-refractivity contribution is 5.30. The third kappa shape index (κ3) is 5.23. The zero-order valence-electron chi connectivity index (χ0n) is 11.8. The molecule has 2 rings (SSSR count). The van der Waals surface area contributed by atoms with Crippen LogP contribution in [0.15, 0.2) is 42.7 Å². The highest BCUT2D eigenvalue weighted by Gasteiger charge is 2.29. The summed E-state index contributed by atoms with van der Waals surface area (Å²) in [5.41, 5.74) is 1.95. The number of halogens is 3. The number of rotatable bonds is 6. The molecule has 1 aromatic carbocycles. The van der Waals surface area contributed by atoms with Gasteiger partial charge in [0, 0.05) is 12.2 Å². The second-order valence-corrected chi connectivity index (χ2v) is 5.05. The first kappa shape index (κ1) is 15.6. The van der Waals surface area contributed by atoms with Gasteiger partial charge in [-0.05, 0) is 37.6 Å². The van der Waals surface area contributed by atoms with Crippen molar-refractivity contribution < 1.29 is 13.2 Å². The summed E-state index contributed by atoms with van der Waals surface area (Å²) < 4.78 is 38.3. The molecule has 21 heavy (non-hydrogen) atoms. The lowest BCUT2D eigenvalue weighted by Gasteiger charge is -2.15. The van der Waals surface area contributed by atoms with Gasteiger partial charge >= 0.3 is 6.18 Å². The van der Waals surface area contributed by atoms with Gasteiger partial charge < -0.3 is 5.32 Å². The van der Waals surface area contributed by atoms with Crippen LogP contribution in [0.4, 0.5) is 13.2 Å². The fourth-order valence-corrected chi connectivity index (χ4v) is 2.09. The lowest BCUT2D eigenvalue weighted by molar-refractivity contribution is -0.138. The lowest BCUT2D eigenvalue weighted by atomic mass is 10.2. The fraction of sp³-hybridized carbons (Fsp3) is 0.400. The Morgan fingerprint density at radius 1 is 1.24 bits per heavy atom. The summed E-state index contributed by atoms with van der Waals surface area (Å²) in [6, 6.07) is 9.10. The van der Waals surface area contributed by atoms with E-state index in [9.17, 15) is 13.2 Å². The van der Waals surface area contributed by atoms with E-state index in [4.69, 9.17) is 0 Å². The van der Waals surface area contributed by atoms with Crippen LogP contribution in [0.1, 0.15) is 18.9 Å². The van der Waals surface area contributed by atoms with Gasteiger partial charge in [-0.1, -0.05) is 18.2 Å². The molecule has 0 aliphatic heterocycles. The van der Waals surface area contributed by atoms with Gasteiger partial charge in [-0.25, -0.2) is 4.68 Å². The Morgan fingerprint density at radius 2 is 1.95 bits per heavy atom. The first-order valence-corrected chi connectivity index (χ1v) is 6.83. The van der Waals surface area contributed by atoms with Crippen LogP contribution >= 0.6 is 0 Å². The predicted octanol–water partition coefficient (Wildman–Crippen LogP) is 3.35. The number of aromatic nitrogens is 2. The Kier molecular flexibility index (Phi) is 5.01. The van der Waals surface area contributed by atoms with Gasteiger partial charge in [0.15, 0.2) is 0 Å². The molecule has 114 valence electrons. The molecule has 6 heteroatoms. The second-order valence-electron chi connectivity index (χ2n) is 5.05. The average molecular weight is 297 g/mol. The normalized spacial score (nSPS) is 13.3. The lowest BCUT2D eigenvalue weighted by Crippen LogP contribution is -2.32. The van der Waals surface area contributed by atoms with Crippen molar-refractivity contribution in [3.05, 3.63) is 48.3 Å². The van der Waals surface area contributed by atoms with E-state index >= 15 is 0 Å². The monoisotopic (exact) mass is 297 g/mol. The summed E-state index contributed by atoms with van der Waals surface area (Å²) in [7, 11) is 0. The maximum absolute atomic E-state index is 12.2. The zero-order chi connectivity index (χ0) is 15.3. The SMILES string of the molecule is CC(CC(F)(F)F)NCCc1cnn(-c2ccccc2)c1. The molecule has 3 nitrogen and oxygen atoms in total. The van der Waals surface area contributed by atoms with Crippen LogP contribution in [0.25, 0.3) is 5.69 Å². The number of nitrogens with zero attached hydrogens (tertiary/aromatic N) is 2. The average Bonchev–Trinajstić information content (AvgIpc) is 2.86. The molecule has 0 fully saturated rings. The van der Waals surface area contributed by atoms with Gasteiger partial charge in [-0.15, -0.1) is 0 Å². The highest BCUT2D eigenvalue weighted by Crippen LogP contribution is 2.21. The molecular weight excluding hydrogens is 279 g/mol. The van der Waals surface area contributed by atoms with E-state index in [0.717, 1.165) is 11.3 Å². The molecule has 2 aromatic rings. The summed E-state index contributed by atoms with van der Waals surface area (Å²) in [5, 5.41) is 7.13. The fourth-order valence-electron chi connectivity index (χ4n) is 2.09. The molecule has 1 atom stereocenters. The van der Waals surface area contributed by atoms with Crippen LogP contribution in [0, 0.1) is 0 Å². The van der Waals surface area contributed by atoms with E-state index in [1.807, 2.05) is 36.5 Å². The molecular formula is C15H18F3N3. The smallest absolute Gasteiger partial charge is 0.314 e. The van der Waals surface area contributed by atoms with Crippen LogP contribution in [-0.4, -0.2) is 28.5 Å². The largest absolute Gasteiger partial charge is 0.390 e. The van der Waals surface area contributed by atoms with Crippen molar-refractivity contribution in [1.29, 1.82) is 0 Å². The van der Waals surface area contributed by atoms with Gasteiger partial charge in [0.2, 0.25) is 0 Å². The first-order chi connectivity index (χ1) is 9.94. The number of para-hydroxylation sites is 1. The van der Waals surface area contributed by atoms with Crippen LogP contribution in [0.3, 0.4) is 0 Å². The maximum atomic E-state index is 12.2. The highest BCUT2D eigenvalue weighted by atomic mass is 19.4. The van der Waals surface area contributed by atoms with Gasteiger partial charge in [0.1, 0.15) is 0 Å². The second kappa shape index (κ2) is 6.76. The number of nitrogens with one attached hydrogen (secondary N) is 1. The van der Waals surface area contributed by atoms with Crippen molar-refractivity contribution in [3.8, 4) is 5.69 Å². The van der Waals surface area contributed by atoms with E-state index in [1.165, 1.54) is 0 Å². The molecule has 1 unspecified atom stereocenters. The molecule has 0 aliphatic rings. The molecule has 0 radical (unpaired) electrons. The molecule has 1 N–H and O–H groups in total. The van der Waals surface area contributed by atoms with Crippen molar-refractivity contribution in [2.75, 3.05) is 6.54 Å². The van der Waals surface area contributed by atoms with Crippen LogP contribution in [-0.2, 0) is 6.42 Å². The van der Waals surface area contributed by atoms with Crippen molar-refractivity contribution in [1.82, 2.24) is 15.1 Å². The minimum absolute atomic E-state index is 0.498. The van der Waals surface area contributed by atoms with Gasteiger partial charge in [-0.2, -0.15) is 18.3 Å². The molecule has 0 spiro atoms. The van der Waals surface area contributed by atoms with Gasteiger partial charge in [0.05, 0.1) is 18.3 Å². The Labute approximate surface area is 121 Å². The number of benzene rings is 1. The third-order valence-corrected chi connectivity index (χ3v) is 3.10. The van der Waals surface area contributed by atoms with Crippen molar-refractivity contribution in [2.45, 2.75) is 32.0 Å². The molecule has 0 saturated carbocycles. The van der Waals surface area contributed by atoms with Crippen molar-refractivity contribution >= 4 is 0 Å². The summed E-state index contributed by atoms with van der Waals surface area (Å²) in [6.45, 7) is 2.04. The van der Waals surface area contributed by atoms with Crippen molar-refractivity contribution in [3.63, 3.8) is 0 Å². The Hall–Kier alpha value is -1.82. The summed E-state index contributed by atoms with van der Waals surface area (Å²) >= 11 is 0. The quantitative estimate of drug-likeness (QED) is 0.886. The molecule has 0 bridgehead atoms. The van der Waals surface area contributed by atoms with Crippen molar-refractivity contribution in [2.24, 2.45) is 0 Å². The van der Waals surface area contributed by atoms with Crippen LogP contribution in [0.2, 0.25) is 0 Å². The minimum Gasteiger partial charge on any atom is -0.314 e. The van der Waals surface area contributed by atoms with Gasteiger partial charge in [0.25, 0.3) is 0 Å². The molecule has 0 saturated heterocycles. The summed E-state index contributed by atoms with van der Waals surface area (Å²) in [5.74, 6) is 0. The Morgan fingerprint density at radius 3 is 2.62 bits per heavy atom. The van der Waals surface area contributed by atoms with E-state index in [1.54, 1.807) is 17.8 Å². The molecule has 0 aliphatic carbocycles. The maximum Gasteiger partial charge on any atom is 0.390 e. The minimum atomic E-state index is -4.12. The first-order valence-electron chi connectivity index (χ1n) is 6.83. The van der Waals surface area contributed by atoms with Crippen LogP contribution < -0.4 is 5.32 Å². The molecule has 0 amide bonds. The van der Waals surface area contributed by atoms with E-state index in [0.29, 0.717) is 13.0 Å². The third-order valence-electron chi connectivity index (χ3n) is 3.10. The zero-order valence-corrected chi connectivity index (χ0v) is 11.8. The molecule has 1 aromatic heterocycles. The Balaban J connectivity index is 1.81. The van der Waals surface area contributed by atoms with E-state index in [2.05, 4.69) is 10.4 Å². The number of alkyl halides is 3. The standard InChI is InChI=1S/C15H18F3N3/c1-12(9-15(16,17)18)19-8-7-13-10-20-21(11-13)14-5-3-2-4-6-14/h2-6,10-12,19H,7-9H2,1H3. The number of hydrogen-bond acceptors (Lipinski definition) is 2. The van der Waals surface area contributed by atoms with Crippen LogP contribution in [0.5, 0.6) is 0 Å². The van der Waals surface area contributed by atoms with Gasteiger partial charge in [-0.3, -0.25) is 0 Å². The Bertz CT molecular complexity index is 549. The predicted molar refractivity (Wildman–Crippen MR) is 75.4 cm³/mol. The number of hydrogen-bond donors (Lipinski definition) is 1. The summed E-state index contributed by atoms with van der Waals surface area (Å²) in [6.07, 6.45) is -0.648. The van der Waals surface area contributed by atoms with E-state index < -0.39 is 18.6 Å². The molecule has 1 heterocycles. The topological polar surface area (TPSA) is 29.9 Å².